The Morgan fingerprint density at radius 2 is 1.86 bits per heavy atom. The standard InChI is InChI=1S/C19H27F3N4O2/c1-24(8-9-25-10-12-28-13-11-25)18(27)23-16-14-15(19(20,21)22)4-5-17(16)26-6-2-3-7-26/h4-5,14H,2-3,6-13H2,1H3,(H,23,27). The number of halogens is 3. The van der Waals surface area contributed by atoms with Crippen molar-refractivity contribution < 1.29 is 22.7 Å². The van der Waals surface area contributed by atoms with Gasteiger partial charge in [0.25, 0.3) is 0 Å². The van der Waals surface area contributed by atoms with Crippen LogP contribution in [0.25, 0.3) is 0 Å². The Morgan fingerprint density at radius 1 is 1.18 bits per heavy atom. The minimum absolute atomic E-state index is 0.208. The van der Waals surface area contributed by atoms with E-state index >= 15 is 0 Å². The van der Waals surface area contributed by atoms with E-state index in [0.717, 1.165) is 51.2 Å². The van der Waals surface area contributed by atoms with Crippen LogP contribution in [0.2, 0.25) is 0 Å². The minimum Gasteiger partial charge on any atom is -0.379 e. The van der Waals surface area contributed by atoms with Crippen molar-refractivity contribution in [3.63, 3.8) is 0 Å². The van der Waals surface area contributed by atoms with Crippen molar-refractivity contribution >= 4 is 17.4 Å². The monoisotopic (exact) mass is 400 g/mol. The summed E-state index contributed by atoms with van der Waals surface area (Å²) < 4.78 is 44.7. The number of hydrogen-bond acceptors (Lipinski definition) is 4. The minimum atomic E-state index is -4.45. The summed E-state index contributed by atoms with van der Waals surface area (Å²) in [7, 11) is 1.65. The molecule has 0 aromatic heterocycles. The number of alkyl halides is 3. The van der Waals surface area contributed by atoms with Crippen molar-refractivity contribution in [2.24, 2.45) is 0 Å². The fraction of sp³-hybridized carbons (Fsp3) is 0.632. The number of anilines is 2. The second-order valence-electron chi connectivity index (χ2n) is 7.23. The van der Waals surface area contributed by atoms with E-state index in [1.807, 2.05) is 4.90 Å². The molecule has 6 nitrogen and oxygen atoms in total. The molecule has 0 spiro atoms. The van der Waals surface area contributed by atoms with Gasteiger partial charge in [-0.25, -0.2) is 4.79 Å². The Bertz CT molecular complexity index is 672. The molecule has 0 aliphatic carbocycles. The van der Waals surface area contributed by atoms with E-state index in [1.165, 1.54) is 11.0 Å². The average molecular weight is 400 g/mol. The molecule has 2 aliphatic heterocycles. The topological polar surface area (TPSA) is 48.1 Å². The zero-order valence-electron chi connectivity index (χ0n) is 16.1. The summed E-state index contributed by atoms with van der Waals surface area (Å²) in [4.78, 5) is 18.3. The van der Waals surface area contributed by atoms with Crippen LogP contribution in [0.1, 0.15) is 18.4 Å². The second-order valence-corrected chi connectivity index (χ2v) is 7.23. The number of benzene rings is 1. The zero-order chi connectivity index (χ0) is 20.1. The first kappa shape index (κ1) is 20.7. The fourth-order valence-electron chi connectivity index (χ4n) is 3.47. The number of nitrogens with zero attached hydrogens (tertiary/aromatic N) is 3. The summed E-state index contributed by atoms with van der Waals surface area (Å²) in [5.41, 5.74) is 0.0853. The SMILES string of the molecule is CN(CCN1CCOCC1)C(=O)Nc1cc(C(F)(F)F)ccc1N1CCCC1. The normalized spacial score (nSPS) is 18.4. The lowest BCUT2D eigenvalue weighted by molar-refractivity contribution is -0.137. The van der Waals surface area contributed by atoms with Crippen LogP contribution < -0.4 is 10.2 Å². The number of ether oxygens (including phenoxy) is 1. The highest BCUT2D eigenvalue weighted by atomic mass is 19.4. The third-order valence-electron chi connectivity index (χ3n) is 5.21. The molecular formula is C19H27F3N4O2. The summed E-state index contributed by atoms with van der Waals surface area (Å²) in [6.45, 7) is 5.75. The summed E-state index contributed by atoms with van der Waals surface area (Å²) in [6.07, 6.45) is -2.47. The van der Waals surface area contributed by atoms with Crippen molar-refractivity contribution in [2.45, 2.75) is 19.0 Å². The molecule has 156 valence electrons. The fourth-order valence-corrected chi connectivity index (χ4v) is 3.47. The summed E-state index contributed by atoms with van der Waals surface area (Å²) >= 11 is 0. The summed E-state index contributed by atoms with van der Waals surface area (Å²) in [6, 6.07) is 3.15. The highest BCUT2D eigenvalue weighted by Crippen LogP contribution is 2.36. The molecule has 1 aromatic rings. The highest BCUT2D eigenvalue weighted by molar-refractivity contribution is 5.93. The molecule has 2 saturated heterocycles. The van der Waals surface area contributed by atoms with Gasteiger partial charge in [-0.3, -0.25) is 4.90 Å². The van der Waals surface area contributed by atoms with Crippen LogP contribution in [0, 0.1) is 0 Å². The number of carbonyl (C=O) groups excluding carboxylic acids is 1. The van der Waals surface area contributed by atoms with E-state index in [2.05, 4.69) is 10.2 Å². The molecule has 2 amide bonds. The van der Waals surface area contributed by atoms with Gasteiger partial charge in [-0.05, 0) is 31.0 Å². The molecule has 0 radical (unpaired) electrons. The van der Waals surface area contributed by atoms with Crippen molar-refractivity contribution in [3.05, 3.63) is 23.8 Å². The predicted molar refractivity (Wildman–Crippen MR) is 102 cm³/mol. The lowest BCUT2D eigenvalue weighted by Crippen LogP contribution is -2.43. The van der Waals surface area contributed by atoms with Gasteiger partial charge in [-0.1, -0.05) is 0 Å². The molecule has 1 N–H and O–H groups in total. The Kier molecular flexibility index (Phi) is 6.66. The molecule has 0 unspecified atom stereocenters. The Hall–Kier alpha value is -2.00. The maximum atomic E-state index is 13.1. The molecule has 1 aromatic carbocycles. The van der Waals surface area contributed by atoms with Gasteiger partial charge >= 0.3 is 12.2 Å². The Labute approximate surface area is 163 Å². The maximum Gasteiger partial charge on any atom is 0.416 e. The van der Waals surface area contributed by atoms with Crippen molar-refractivity contribution in [2.75, 3.05) is 69.7 Å². The van der Waals surface area contributed by atoms with Crippen LogP contribution in [-0.2, 0) is 10.9 Å². The van der Waals surface area contributed by atoms with Crippen LogP contribution >= 0.6 is 0 Å². The largest absolute Gasteiger partial charge is 0.416 e. The number of carbonyl (C=O) groups is 1. The maximum absolute atomic E-state index is 13.1. The van der Waals surface area contributed by atoms with Crippen LogP contribution in [0.3, 0.4) is 0 Å². The van der Waals surface area contributed by atoms with Crippen molar-refractivity contribution in [1.29, 1.82) is 0 Å². The van der Waals surface area contributed by atoms with Gasteiger partial charge in [0.15, 0.2) is 0 Å². The molecular weight excluding hydrogens is 373 g/mol. The van der Waals surface area contributed by atoms with Crippen LogP contribution in [0.15, 0.2) is 18.2 Å². The molecule has 2 fully saturated rings. The molecule has 9 heteroatoms. The lowest BCUT2D eigenvalue weighted by atomic mass is 10.1. The van der Waals surface area contributed by atoms with Gasteiger partial charge in [0.2, 0.25) is 0 Å². The number of amides is 2. The Morgan fingerprint density at radius 3 is 2.50 bits per heavy atom. The van der Waals surface area contributed by atoms with Gasteiger partial charge in [0.1, 0.15) is 0 Å². The number of rotatable bonds is 5. The zero-order valence-corrected chi connectivity index (χ0v) is 16.1. The quantitative estimate of drug-likeness (QED) is 0.825. The molecule has 2 heterocycles. The third-order valence-corrected chi connectivity index (χ3v) is 5.21. The smallest absolute Gasteiger partial charge is 0.379 e. The molecule has 0 saturated carbocycles. The first-order valence-corrected chi connectivity index (χ1v) is 9.63. The second kappa shape index (κ2) is 9.00. The lowest BCUT2D eigenvalue weighted by Gasteiger charge is -2.29. The average Bonchev–Trinajstić information content (AvgIpc) is 3.20. The molecule has 3 rings (SSSR count). The predicted octanol–water partition coefficient (Wildman–Crippen LogP) is 3.10. The number of hydrogen-bond donors (Lipinski definition) is 1. The summed E-state index contributed by atoms with van der Waals surface area (Å²) in [5.74, 6) is 0. The number of urea groups is 1. The highest BCUT2D eigenvalue weighted by Gasteiger charge is 2.32. The first-order valence-electron chi connectivity index (χ1n) is 9.63. The van der Waals surface area contributed by atoms with E-state index in [9.17, 15) is 18.0 Å². The van der Waals surface area contributed by atoms with E-state index in [0.29, 0.717) is 32.0 Å². The number of likely N-dealkylation sites (N-methyl/N-ethyl adjacent to an activating group) is 1. The molecule has 0 bridgehead atoms. The van der Waals surface area contributed by atoms with Gasteiger partial charge in [-0.2, -0.15) is 13.2 Å². The van der Waals surface area contributed by atoms with Crippen LogP contribution in [0.5, 0.6) is 0 Å². The van der Waals surface area contributed by atoms with Crippen molar-refractivity contribution in [3.8, 4) is 0 Å². The van der Waals surface area contributed by atoms with E-state index in [4.69, 9.17) is 4.74 Å². The molecule has 2 aliphatic rings. The van der Waals surface area contributed by atoms with Gasteiger partial charge in [-0.15, -0.1) is 0 Å². The number of nitrogens with one attached hydrogen (secondary N) is 1. The summed E-state index contributed by atoms with van der Waals surface area (Å²) in [5, 5.41) is 2.69. The van der Waals surface area contributed by atoms with E-state index in [1.54, 1.807) is 7.05 Å². The third kappa shape index (κ3) is 5.29. The van der Waals surface area contributed by atoms with Crippen LogP contribution in [-0.4, -0.2) is 75.4 Å². The molecule has 0 atom stereocenters. The Balaban J connectivity index is 1.68. The van der Waals surface area contributed by atoms with Gasteiger partial charge in [0, 0.05) is 46.3 Å². The van der Waals surface area contributed by atoms with Crippen molar-refractivity contribution in [1.82, 2.24) is 9.80 Å². The van der Waals surface area contributed by atoms with Gasteiger partial charge in [0.05, 0.1) is 30.2 Å². The van der Waals surface area contributed by atoms with Gasteiger partial charge < -0.3 is 19.9 Å². The van der Waals surface area contributed by atoms with Crippen LogP contribution in [0.4, 0.5) is 29.3 Å². The first-order chi connectivity index (χ1) is 13.3. The van der Waals surface area contributed by atoms with E-state index < -0.39 is 17.8 Å². The molecule has 28 heavy (non-hydrogen) atoms. The van der Waals surface area contributed by atoms with E-state index in [-0.39, 0.29) is 5.69 Å². The number of morpholine rings is 1.